The van der Waals surface area contributed by atoms with Crippen LogP contribution in [0.15, 0.2) is 36.9 Å². The lowest BCUT2D eigenvalue weighted by atomic mass is 10.1. The van der Waals surface area contributed by atoms with Crippen LogP contribution >= 0.6 is 0 Å². The molecule has 3 nitrogen and oxygen atoms in total. The summed E-state index contributed by atoms with van der Waals surface area (Å²) in [5, 5.41) is 2.36. The van der Waals surface area contributed by atoms with Crippen molar-refractivity contribution in [2.24, 2.45) is 0 Å². The molecule has 70 valence electrons. The van der Waals surface area contributed by atoms with Gasteiger partial charge in [0, 0.05) is 6.07 Å². The number of halogens is 1. The molecule has 0 radical (unpaired) electrons. The fraction of sp³-hybridized carbons (Fsp3) is 0. The molecule has 0 bridgehead atoms. The molecule has 1 aromatic carbocycles. The maximum absolute atomic E-state index is 4.27. The van der Waals surface area contributed by atoms with E-state index in [2.05, 4.69) is 21.0 Å². The molecular formula is C10H8ClN3. The van der Waals surface area contributed by atoms with Gasteiger partial charge in [-0.05, 0) is 11.5 Å². The molecule has 2 heterocycles. The van der Waals surface area contributed by atoms with Crippen molar-refractivity contribution >= 4 is 21.8 Å². The van der Waals surface area contributed by atoms with Crippen molar-refractivity contribution in [2.75, 3.05) is 0 Å². The SMILES string of the molecule is [Cl-].c1nc2c(ccc3cc[nH+]cc32)[nH]1. The van der Waals surface area contributed by atoms with E-state index in [4.69, 9.17) is 0 Å². The largest absolute Gasteiger partial charge is 1.00 e. The predicted molar refractivity (Wildman–Crippen MR) is 50.2 cm³/mol. The van der Waals surface area contributed by atoms with Crippen LogP contribution in [0.25, 0.3) is 21.8 Å². The predicted octanol–water partition coefficient (Wildman–Crippen LogP) is -1.47. The van der Waals surface area contributed by atoms with Crippen LogP contribution in [0.5, 0.6) is 0 Å². The maximum Gasteiger partial charge on any atom is 0.177 e. The van der Waals surface area contributed by atoms with Crippen LogP contribution in [0.2, 0.25) is 0 Å². The first-order chi connectivity index (χ1) is 6.45. The van der Waals surface area contributed by atoms with Crippen LogP contribution in [0.3, 0.4) is 0 Å². The highest BCUT2D eigenvalue weighted by Gasteiger charge is 2.03. The fourth-order valence-electron chi connectivity index (χ4n) is 1.61. The summed E-state index contributed by atoms with van der Waals surface area (Å²) in [5.74, 6) is 0. The third-order valence-electron chi connectivity index (χ3n) is 2.25. The van der Waals surface area contributed by atoms with Crippen molar-refractivity contribution in [1.29, 1.82) is 0 Å². The lowest BCUT2D eigenvalue weighted by Gasteiger charge is -1.93. The summed E-state index contributed by atoms with van der Waals surface area (Å²) in [6.07, 6.45) is 5.61. The Morgan fingerprint density at radius 3 is 3.07 bits per heavy atom. The van der Waals surface area contributed by atoms with Gasteiger partial charge in [0.25, 0.3) is 0 Å². The lowest BCUT2D eigenvalue weighted by molar-refractivity contribution is -0.375. The second-order valence-electron chi connectivity index (χ2n) is 3.01. The third kappa shape index (κ3) is 1.14. The van der Waals surface area contributed by atoms with Gasteiger partial charge >= 0.3 is 0 Å². The van der Waals surface area contributed by atoms with Crippen LogP contribution in [0.4, 0.5) is 0 Å². The van der Waals surface area contributed by atoms with Gasteiger partial charge in [-0.2, -0.15) is 0 Å². The van der Waals surface area contributed by atoms with Crippen LogP contribution < -0.4 is 17.4 Å². The van der Waals surface area contributed by atoms with E-state index in [0.717, 1.165) is 16.4 Å². The summed E-state index contributed by atoms with van der Waals surface area (Å²) in [5.41, 5.74) is 2.10. The normalized spacial score (nSPS) is 10.3. The Hall–Kier alpha value is -1.61. The number of fused-ring (bicyclic) bond motifs is 3. The van der Waals surface area contributed by atoms with E-state index in [0.29, 0.717) is 0 Å². The van der Waals surface area contributed by atoms with E-state index >= 15 is 0 Å². The zero-order valence-electron chi connectivity index (χ0n) is 7.29. The molecule has 4 heteroatoms. The highest BCUT2D eigenvalue weighted by Crippen LogP contribution is 2.19. The Labute approximate surface area is 86.6 Å². The number of hydrogen-bond acceptors (Lipinski definition) is 1. The van der Waals surface area contributed by atoms with Crippen LogP contribution in [0.1, 0.15) is 0 Å². The number of rotatable bonds is 0. The van der Waals surface area contributed by atoms with Gasteiger partial charge in [0.05, 0.1) is 17.2 Å². The van der Waals surface area contributed by atoms with E-state index in [1.165, 1.54) is 5.39 Å². The zero-order chi connectivity index (χ0) is 8.67. The quantitative estimate of drug-likeness (QED) is 0.479. The van der Waals surface area contributed by atoms with Gasteiger partial charge in [0.15, 0.2) is 12.4 Å². The average molecular weight is 206 g/mol. The molecule has 0 saturated heterocycles. The van der Waals surface area contributed by atoms with Gasteiger partial charge in [-0.3, -0.25) is 0 Å². The van der Waals surface area contributed by atoms with E-state index in [9.17, 15) is 0 Å². The number of nitrogens with one attached hydrogen (secondary N) is 2. The summed E-state index contributed by atoms with van der Waals surface area (Å²) >= 11 is 0. The zero-order valence-corrected chi connectivity index (χ0v) is 8.05. The van der Waals surface area contributed by atoms with Crippen molar-refractivity contribution in [3.8, 4) is 0 Å². The molecule has 2 aromatic heterocycles. The average Bonchev–Trinajstić information content (AvgIpc) is 2.65. The molecule has 0 unspecified atom stereocenters. The first kappa shape index (κ1) is 8.97. The molecule has 0 aliphatic heterocycles. The minimum Gasteiger partial charge on any atom is -1.00 e. The molecule has 3 rings (SSSR count). The smallest absolute Gasteiger partial charge is 0.177 e. The number of aromatic nitrogens is 3. The first-order valence-electron chi connectivity index (χ1n) is 4.17. The third-order valence-corrected chi connectivity index (χ3v) is 2.25. The highest BCUT2D eigenvalue weighted by molar-refractivity contribution is 6.02. The standard InChI is InChI=1S/C10H7N3.ClH/c1-2-9-10(13-6-12-9)8-5-11-4-3-7(1)8;/h1-6H,(H,12,13);1H. The van der Waals surface area contributed by atoms with Crippen molar-refractivity contribution in [1.82, 2.24) is 9.97 Å². The van der Waals surface area contributed by atoms with Gasteiger partial charge < -0.3 is 17.4 Å². The Morgan fingerprint density at radius 1 is 1.21 bits per heavy atom. The highest BCUT2D eigenvalue weighted by atomic mass is 35.5. The minimum atomic E-state index is 0. The molecule has 0 fully saturated rings. The number of H-pyrrole nitrogens is 2. The lowest BCUT2D eigenvalue weighted by Crippen LogP contribution is -3.00. The molecule has 0 amide bonds. The summed E-state index contributed by atoms with van der Waals surface area (Å²) in [4.78, 5) is 10.4. The van der Waals surface area contributed by atoms with Gasteiger partial charge in [0.2, 0.25) is 0 Å². The van der Waals surface area contributed by atoms with Gasteiger partial charge in [-0.25, -0.2) is 9.97 Å². The molecule has 0 saturated carbocycles. The summed E-state index contributed by atoms with van der Waals surface area (Å²) < 4.78 is 0. The number of benzene rings is 1. The second kappa shape index (κ2) is 3.27. The van der Waals surface area contributed by atoms with Crippen molar-refractivity contribution < 1.29 is 17.4 Å². The first-order valence-corrected chi connectivity index (χ1v) is 4.17. The van der Waals surface area contributed by atoms with Crippen molar-refractivity contribution in [3.05, 3.63) is 36.9 Å². The van der Waals surface area contributed by atoms with E-state index in [1.54, 1.807) is 6.33 Å². The van der Waals surface area contributed by atoms with E-state index in [1.807, 2.05) is 24.5 Å². The fourth-order valence-corrected chi connectivity index (χ4v) is 1.61. The van der Waals surface area contributed by atoms with Crippen LogP contribution in [-0.4, -0.2) is 9.97 Å². The number of aromatic amines is 2. The van der Waals surface area contributed by atoms with Crippen molar-refractivity contribution in [2.45, 2.75) is 0 Å². The molecule has 2 N–H and O–H groups in total. The summed E-state index contributed by atoms with van der Waals surface area (Å²) in [6.45, 7) is 0. The van der Waals surface area contributed by atoms with Gasteiger partial charge in [-0.15, -0.1) is 0 Å². The maximum atomic E-state index is 4.27. The molecule has 0 aliphatic rings. The number of nitrogens with zero attached hydrogens (tertiary/aromatic N) is 1. The van der Waals surface area contributed by atoms with Gasteiger partial charge in [0.1, 0.15) is 5.52 Å². The van der Waals surface area contributed by atoms with E-state index < -0.39 is 0 Å². The Morgan fingerprint density at radius 2 is 2.14 bits per heavy atom. The van der Waals surface area contributed by atoms with Crippen molar-refractivity contribution in [3.63, 3.8) is 0 Å². The monoisotopic (exact) mass is 205 g/mol. The Kier molecular flexibility index (Phi) is 2.09. The molecule has 3 aromatic rings. The molecular weight excluding hydrogens is 198 g/mol. The molecule has 0 aliphatic carbocycles. The summed E-state index contributed by atoms with van der Waals surface area (Å²) in [7, 11) is 0. The number of imidazole rings is 1. The minimum absolute atomic E-state index is 0. The van der Waals surface area contributed by atoms with Gasteiger partial charge in [-0.1, -0.05) is 6.07 Å². The number of pyridine rings is 1. The molecule has 0 spiro atoms. The molecule has 14 heavy (non-hydrogen) atoms. The second-order valence-corrected chi connectivity index (χ2v) is 3.01. The van der Waals surface area contributed by atoms with E-state index in [-0.39, 0.29) is 12.4 Å². The van der Waals surface area contributed by atoms with Crippen LogP contribution in [-0.2, 0) is 0 Å². The topological polar surface area (TPSA) is 42.8 Å². The Bertz CT molecular complexity index is 573. The molecule has 0 atom stereocenters. The number of hydrogen-bond donors (Lipinski definition) is 1. The van der Waals surface area contributed by atoms with Crippen LogP contribution in [0, 0.1) is 0 Å². The summed E-state index contributed by atoms with van der Waals surface area (Å²) in [6, 6.07) is 6.18. The Balaban J connectivity index is 0.000000750.